The quantitative estimate of drug-likeness (QED) is 0.777. The van der Waals surface area contributed by atoms with E-state index in [4.69, 9.17) is 5.11 Å². The highest BCUT2D eigenvalue weighted by Gasteiger charge is 2.12. The number of hydrogen-bond donors (Lipinski definition) is 1. The molecule has 3 aromatic rings. The fraction of sp³-hybridized carbons (Fsp3) is 0.133. The smallest absolute Gasteiger partial charge is 0.323 e. The molecule has 0 saturated carbocycles. The van der Waals surface area contributed by atoms with Crippen molar-refractivity contribution in [1.82, 2.24) is 15.0 Å². The van der Waals surface area contributed by atoms with E-state index >= 15 is 0 Å². The van der Waals surface area contributed by atoms with Crippen LogP contribution in [0.15, 0.2) is 41.3 Å². The van der Waals surface area contributed by atoms with Crippen LogP contribution in [-0.4, -0.2) is 39.6 Å². The number of carbonyl (C=O) groups is 1. The van der Waals surface area contributed by atoms with E-state index in [1.807, 2.05) is 12.1 Å². The molecular weight excluding hydrogens is 316 g/mol. The van der Waals surface area contributed by atoms with Gasteiger partial charge in [0.05, 0.1) is 5.39 Å². The summed E-state index contributed by atoms with van der Waals surface area (Å²) in [7, 11) is 1.59. The zero-order valence-corrected chi connectivity index (χ0v) is 12.9. The molecule has 0 unspecified atom stereocenters. The van der Waals surface area contributed by atoms with Crippen LogP contribution in [0.1, 0.15) is 0 Å². The lowest BCUT2D eigenvalue weighted by molar-refractivity contribution is -0.135. The van der Waals surface area contributed by atoms with E-state index in [9.17, 15) is 9.59 Å². The van der Waals surface area contributed by atoms with Crippen molar-refractivity contribution in [1.29, 1.82) is 0 Å². The number of rotatable bonds is 4. The molecule has 0 amide bonds. The second-order valence-corrected chi connectivity index (χ2v) is 5.84. The first-order valence-corrected chi connectivity index (χ1v) is 7.52. The Morgan fingerprint density at radius 2 is 2.04 bits per heavy atom. The SMILES string of the molecule is CN(CC(=O)O)c1nccc(-c2nc(=O)c3ccccc3s2)n1. The fourth-order valence-corrected chi connectivity index (χ4v) is 3.01. The third kappa shape index (κ3) is 3.16. The van der Waals surface area contributed by atoms with Crippen molar-refractivity contribution in [2.45, 2.75) is 0 Å². The van der Waals surface area contributed by atoms with E-state index in [1.165, 1.54) is 22.4 Å². The minimum absolute atomic E-state index is 0.217. The first-order valence-electron chi connectivity index (χ1n) is 6.71. The Morgan fingerprint density at radius 1 is 1.26 bits per heavy atom. The van der Waals surface area contributed by atoms with Gasteiger partial charge in [-0.15, -0.1) is 11.3 Å². The van der Waals surface area contributed by atoms with Crippen LogP contribution in [0.2, 0.25) is 0 Å². The lowest BCUT2D eigenvalue weighted by Crippen LogP contribution is -2.26. The van der Waals surface area contributed by atoms with Crippen LogP contribution in [0.25, 0.3) is 20.8 Å². The van der Waals surface area contributed by atoms with Gasteiger partial charge in [-0.25, -0.2) is 9.97 Å². The maximum atomic E-state index is 12.1. The lowest BCUT2D eigenvalue weighted by Gasteiger charge is -2.14. The van der Waals surface area contributed by atoms with Crippen molar-refractivity contribution >= 4 is 33.3 Å². The summed E-state index contributed by atoms with van der Waals surface area (Å²) in [6, 6.07) is 8.88. The normalized spacial score (nSPS) is 10.7. The van der Waals surface area contributed by atoms with Gasteiger partial charge in [0.25, 0.3) is 5.56 Å². The number of aromatic nitrogens is 3. The maximum Gasteiger partial charge on any atom is 0.323 e. The molecule has 3 rings (SSSR count). The average Bonchev–Trinajstić information content (AvgIpc) is 2.54. The van der Waals surface area contributed by atoms with Gasteiger partial charge in [0.15, 0.2) is 0 Å². The highest BCUT2D eigenvalue weighted by atomic mass is 32.1. The topological polar surface area (TPSA) is 96.3 Å². The lowest BCUT2D eigenvalue weighted by atomic mass is 10.3. The molecule has 7 nitrogen and oxygen atoms in total. The number of benzene rings is 1. The molecule has 0 radical (unpaired) electrons. The molecule has 0 aliphatic heterocycles. The van der Waals surface area contributed by atoms with Gasteiger partial charge in [-0.2, -0.15) is 4.98 Å². The third-order valence-electron chi connectivity index (χ3n) is 3.10. The molecule has 2 aromatic heterocycles. The van der Waals surface area contributed by atoms with Crippen LogP contribution in [0, 0.1) is 0 Å². The number of anilines is 1. The zero-order chi connectivity index (χ0) is 16.4. The molecule has 0 aliphatic rings. The van der Waals surface area contributed by atoms with Gasteiger partial charge in [-0.3, -0.25) is 9.59 Å². The van der Waals surface area contributed by atoms with Crippen molar-refractivity contribution in [3.63, 3.8) is 0 Å². The van der Waals surface area contributed by atoms with Crippen LogP contribution < -0.4 is 10.5 Å². The number of hydrogen-bond acceptors (Lipinski definition) is 7. The summed E-state index contributed by atoms with van der Waals surface area (Å²) in [5, 5.41) is 9.88. The summed E-state index contributed by atoms with van der Waals surface area (Å²) >= 11 is 1.35. The molecule has 0 fully saturated rings. The summed E-state index contributed by atoms with van der Waals surface area (Å²) in [6.07, 6.45) is 1.52. The molecular formula is C15H12N4O3S. The van der Waals surface area contributed by atoms with E-state index < -0.39 is 5.97 Å². The molecule has 0 bridgehead atoms. The summed E-state index contributed by atoms with van der Waals surface area (Å²) in [5.41, 5.74) is 0.175. The van der Waals surface area contributed by atoms with E-state index in [-0.39, 0.29) is 18.1 Å². The van der Waals surface area contributed by atoms with E-state index in [0.29, 0.717) is 16.1 Å². The van der Waals surface area contributed by atoms with Crippen LogP contribution in [0.5, 0.6) is 0 Å². The van der Waals surface area contributed by atoms with E-state index in [1.54, 1.807) is 25.2 Å². The van der Waals surface area contributed by atoms with Crippen molar-refractivity contribution in [3.05, 3.63) is 46.9 Å². The minimum Gasteiger partial charge on any atom is -0.480 e. The summed E-state index contributed by atoms with van der Waals surface area (Å²) in [5.74, 6) is -0.713. The molecule has 2 heterocycles. The molecule has 1 N–H and O–H groups in total. The van der Waals surface area contributed by atoms with Crippen molar-refractivity contribution in [2.75, 3.05) is 18.5 Å². The van der Waals surface area contributed by atoms with Gasteiger partial charge >= 0.3 is 5.97 Å². The first kappa shape index (κ1) is 15.0. The van der Waals surface area contributed by atoms with Crippen LogP contribution in [0.4, 0.5) is 5.95 Å². The standard InChI is InChI=1S/C15H12N4O3S/c1-19(8-12(20)21)15-16-7-6-10(17-15)14-18-13(22)9-4-2-3-5-11(9)23-14/h2-7H,8H2,1H3,(H,20,21). The summed E-state index contributed by atoms with van der Waals surface area (Å²) in [6.45, 7) is -0.217. The number of nitrogens with zero attached hydrogens (tertiary/aromatic N) is 4. The maximum absolute atomic E-state index is 12.1. The number of carboxylic acids is 1. The Hall–Kier alpha value is -2.87. The van der Waals surface area contributed by atoms with E-state index in [0.717, 1.165) is 4.70 Å². The molecule has 1 aromatic carbocycles. The van der Waals surface area contributed by atoms with Gasteiger partial charge in [0.2, 0.25) is 5.95 Å². The summed E-state index contributed by atoms with van der Waals surface area (Å²) in [4.78, 5) is 36.7. The molecule has 23 heavy (non-hydrogen) atoms. The second kappa shape index (κ2) is 6.09. The number of fused-ring (bicyclic) bond motifs is 1. The predicted octanol–water partition coefficient (Wildman–Crippen LogP) is 1.63. The fourth-order valence-electron chi connectivity index (χ4n) is 2.05. The molecule has 8 heteroatoms. The number of likely N-dealkylation sites (N-methyl/N-ethyl adjacent to an activating group) is 1. The third-order valence-corrected chi connectivity index (χ3v) is 4.17. The van der Waals surface area contributed by atoms with Crippen LogP contribution >= 0.6 is 11.3 Å². The Labute approximate surface area is 134 Å². The van der Waals surface area contributed by atoms with Gasteiger partial charge in [-0.05, 0) is 18.2 Å². The molecule has 116 valence electrons. The molecule has 0 aliphatic carbocycles. The number of carboxylic acid groups (broad SMARTS) is 1. The molecule has 0 spiro atoms. The van der Waals surface area contributed by atoms with Gasteiger partial charge < -0.3 is 10.0 Å². The van der Waals surface area contributed by atoms with Gasteiger partial charge in [0, 0.05) is 17.9 Å². The monoisotopic (exact) mass is 328 g/mol. The first-order chi connectivity index (χ1) is 11.0. The average molecular weight is 328 g/mol. The Morgan fingerprint density at radius 3 is 2.83 bits per heavy atom. The van der Waals surface area contributed by atoms with Gasteiger partial charge in [0.1, 0.15) is 17.2 Å². The van der Waals surface area contributed by atoms with Crippen molar-refractivity contribution in [2.24, 2.45) is 0 Å². The molecule has 0 atom stereocenters. The predicted molar refractivity (Wildman–Crippen MR) is 87.8 cm³/mol. The Bertz CT molecular complexity index is 941. The zero-order valence-electron chi connectivity index (χ0n) is 12.1. The molecule has 0 saturated heterocycles. The minimum atomic E-state index is -0.977. The van der Waals surface area contributed by atoms with Crippen molar-refractivity contribution in [3.8, 4) is 10.7 Å². The Balaban J connectivity index is 2.05. The largest absolute Gasteiger partial charge is 0.480 e. The van der Waals surface area contributed by atoms with Crippen molar-refractivity contribution < 1.29 is 9.90 Å². The second-order valence-electron chi connectivity index (χ2n) is 4.81. The van der Waals surface area contributed by atoms with E-state index in [2.05, 4.69) is 15.0 Å². The highest BCUT2D eigenvalue weighted by Crippen LogP contribution is 2.25. The Kier molecular flexibility index (Phi) is 3.98. The van der Waals surface area contributed by atoms with Crippen LogP contribution in [0.3, 0.4) is 0 Å². The summed E-state index contributed by atoms with van der Waals surface area (Å²) < 4.78 is 0.821. The van der Waals surface area contributed by atoms with Crippen LogP contribution in [-0.2, 0) is 4.79 Å². The number of aliphatic carboxylic acids is 1. The highest BCUT2D eigenvalue weighted by molar-refractivity contribution is 7.21. The van der Waals surface area contributed by atoms with Gasteiger partial charge in [-0.1, -0.05) is 12.1 Å².